The van der Waals surface area contributed by atoms with Crippen molar-refractivity contribution in [3.63, 3.8) is 0 Å². The minimum atomic E-state index is -4.74. The molecule has 26 heavy (non-hydrogen) atoms. The molecule has 0 saturated carbocycles. The van der Waals surface area contributed by atoms with Crippen LogP contribution in [0.4, 0.5) is 18.9 Å². The number of esters is 1. The molecule has 10 heteroatoms. The van der Waals surface area contributed by atoms with Crippen LogP contribution >= 0.6 is 11.6 Å². The number of hydrogen-bond acceptors (Lipinski definition) is 4. The number of ether oxygens (including phenoxy) is 1. The van der Waals surface area contributed by atoms with Crippen molar-refractivity contribution in [2.24, 2.45) is 0 Å². The van der Waals surface area contributed by atoms with E-state index in [-0.39, 0.29) is 16.1 Å². The SMILES string of the molecule is COC(=O)c1cc(S(=O)(=O)Nc2ccc(Cl)c(C(F)(F)F)c2)ccc1C. The second-order valence-electron chi connectivity index (χ2n) is 5.27. The van der Waals surface area contributed by atoms with Crippen molar-refractivity contribution in [2.75, 3.05) is 11.8 Å². The van der Waals surface area contributed by atoms with Crippen molar-refractivity contribution >= 4 is 33.3 Å². The van der Waals surface area contributed by atoms with E-state index >= 15 is 0 Å². The van der Waals surface area contributed by atoms with E-state index in [0.717, 1.165) is 25.3 Å². The quantitative estimate of drug-likeness (QED) is 0.769. The molecule has 1 N–H and O–H groups in total. The van der Waals surface area contributed by atoms with Crippen LogP contribution in [0.2, 0.25) is 5.02 Å². The number of benzene rings is 2. The van der Waals surface area contributed by atoms with Crippen LogP contribution in [-0.4, -0.2) is 21.5 Å². The summed E-state index contributed by atoms with van der Waals surface area (Å²) in [5.41, 5.74) is -0.968. The monoisotopic (exact) mass is 407 g/mol. The average Bonchev–Trinajstić information content (AvgIpc) is 2.55. The Morgan fingerprint density at radius 2 is 1.81 bits per heavy atom. The maximum atomic E-state index is 12.9. The summed E-state index contributed by atoms with van der Waals surface area (Å²) in [7, 11) is -3.09. The number of sulfonamides is 1. The first-order valence-corrected chi connectivity index (χ1v) is 8.90. The van der Waals surface area contributed by atoms with Gasteiger partial charge in [0.1, 0.15) is 0 Å². The molecule has 0 heterocycles. The number of methoxy groups -OCH3 is 1. The number of rotatable bonds is 4. The Hall–Kier alpha value is -2.26. The Kier molecular flexibility index (Phi) is 5.52. The van der Waals surface area contributed by atoms with Crippen LogP contribution in [0.15, 0.2) is 41.3 Å². The molecule has 0 unspecified atom stereocenters. The van der Waals surface area contributed by atoms with Crippen LogP contribution < -0.4 is 4.72 Å². The maximum Gasteiger partial charge on any atom is 0.417 e. The van der Waals surface area contributed by atoms with E-state index in [1.54, 1.807) is 6.92 Å². The van der Waals surface area contributed by atoms with Gasteiger partial charge in [0.05, 0.1) is 28.2 Å². The second kappa shape index (κ2) is 7.16. The van der Waals surface area contributed by atoms with Crippen molar-refractivity contribution in [2.45, 2.75) is 18.0 Å². The number of carbonyl (C=O) groups excluding carboxylic acids is 1. The van der Waals surface area contributed by atoms with Gasteiger partial charge in [-0.05, 0) is 42.8 Å². The van der Waals surface area contributed by atoms with E-state index in [9.17, 15) is 26.4 Å². The molecule has 0 atom stereocenters. The van der Waals surface area contributed by atoms with E-state index in [1.807, 2.05) is 4.72 Å². The molecular formula is C16H13ClF3NO4S. The number of nitrogens with one attached hydrogen (secondary N) is 1. The van der Waals surface area contributed by atoms with Gasteiger partial charge < -0.3 is 4.74 Å². The number of alkyl halides is 3. The Morgan fingerprint density at radius 1 is 1.15 bits per heavy atom. The van der Waals surface area contributed by atoms with Gasteiger partial charge in [-0.25, -0.2) is 13.2 Å². The molecule has 0 saturated heterocycles. The van der Waals surface area contributed by atoms with Crippen molar-refractivity contribution in [1.82, 2.24) is 0 Å². The zero-order chi connectivity index (χ0) is 19.7. The predicted octanol–water partition coefficient (Wildman–Crippen LogP) is 4.25. The maximum absolute atomic E-state index is 12.9. The lowest BCUT2D eigenvalue weighted by Crippen LogP contribution is -2.15. The van der Waals surface area contributed by atoms with Gasteiger partial charge in [0.25, 0.3) is 10.0 Å². The fraction of sp³-hybridized carbons (Fsp3) is 0.188. The molecule has 0 aliphatic rings. The lowest BCUT2D eigenvalue weighted by atomic mass is 10.1. The van der Waals surface area contributed by atoms with E-state index in [1.165, 1.54) is 12.1 Å². The Labute approximate surface area is 152 Å². The van der Waals surface area contributed by atoms with Gasteiger partial charge in [0.15, 0.2) is 0 Å². The third-order valence-electron chi connectivity index (χ3n) is 3.45. The van der Waals surface area contributed by atoms with E-state index in [4.69, 9.17) is 11.6 Å². The summed E-state index contributed by atoms with van der Waals surface area (Å²) in [5.74, 6) is -0.731. The zero-order valence-electron chi connectivity index (χ0n) is 13.5. The van der Waals surface area contributed by atoms with Crippen LogP contribution in [0.25, 0.3) is 0 Å². The summed E-state index contributed by atoms with van der Waals surface area (Å²) >= 11 is 5.51. The van der Waals surface area contributed by atoms with Crippen LogP contribution in [0.3, 0.4) is 0 Å². The first kappa shape index (κ1) is 20.1. The number of aryl methyl sites for hydroxylation is 1. The molecule has 0 fully saturated rings. The van der Waals surface area contributed by atoms with Gasteiger partial charge in [0, 0.05) is 5.69 Å². The topological polar surface area (TPSA) is 72.5 Å². The molecule has 0 aliphatic carbocycles. The highest BCUT2D eigenvalue weighted by Crippen LogP contribution is 2.36. The minimum absolute atomic E-state index is 0.0301. The lowest BCUT2D eigenvalue weighted by Gasteiger charge is -2.13. The number of anilines is 1. The molecular weight excluding hydrogens is 395 g/mol. The first-order chi connectivity index (χ1) is 12.0. The summed E-state index contributed by atoms with van der Waals surface area (Å²) in [5, 5.41) is -0.552. The van der Waals surface area contributed by atoms with Crippen LogP contribution in [-0.2, 0) is 20.9 Å². The number of carbonyl (C=O) groups is 1. The third kappa shape index (κ3) is 4.28. The summed E-state index contributed by atoms with van der Waals surface area (Å²) < 4.78 is 70.2. The van der Waals surface area contributed by atoms with E-state index in [2.05, 4.69) is 4.74 Å². The summed E-state index contributed by atoms with van der Waals surface area (Å²) in [6.07, 6.45) is -4.74. The molecule has 2 rings (SSSR count). The van der Waals surface area contributed by atoms with Crippen LogP contribution in [0.5, 0.6) is 0 Å². The molecule has 0 aromatic heterocycles. The third-order valence-corrected chi connectivity index (χ3v) is 5.16. The summed E-state index contributed by atoms with van der Waals surface area (Å²) in [6, 6.07) is 6.34. The van der Waals surface area contributed by atoms with E-state index in [0.29, 0.717) is 11.6 Å². The van der Waals surface area contributed by atoms with Gasteiger partial charge in [-0.2, -0.15) is 13.2 Å². The highest BCUT2D eigenvalue weighted by atomic mass is 35.5. The lowest BCUT2D eigenvalue weighted by molar-refractivity contribution is -0.137. The second-order valence-corrected chi connectivity index (χ2v) is 7.36. The van der Waals surface area contributed by atoms with Crippen LogP contribution in [0.1, 0.15) is 21.5 Å². The standard InChI is InChI=1S/C16H13ClF3NO4S/c1-9-3-5-11(8-12(9)15(22)25-2)26(23,24)21-10-4-6-14(17)13(7-10)16(18,19)20/h3-8,21H,1-2H3. The summed E-state index contributed by atoms with van der Waals surface area (Å²) in [6.45, 7) is 1.59. The van der Waals surface area contributed by atoms with Crippen molar-refractivity contribution in [1.29, 1.82) is 0 Å². The number of halogens is 4. The molecule has 2 aromatic carbocycles. The summed E-state index contributed by atoms with van der Waals surface area (Å²) in [4.78, 5) is 11.4. The van der Waals surface area contributed by atoms with Crippen molar-refractivity contribution < 1.29 is 31.1 Å². The van der Waals surface area contributed by atoms with Gasteiger partial charge in [-0.15, -0.1) is 0 Å². The molecule has 0 amide bonds. The minimum Gasteiger partial charge on any atom is -0.465 e. The highest BCUT2D eigenvalue weighted by molar-refractivity contribution is 7.92. The molecule has 0 spiro atoms. The predicted molar refractivity (Wildman–Crippen MR) is 89.8 cm³/mol. The van der Waals surface area contributed by atoms with Crippen molar-refractivity contribution in [3.05, 3.63) is 58.1 Å². The fourth-order valence-electron chi connectivity index (χ4n) is 2.12. The molecule has 2 aromatic rings. The normalized spacial score (nSPS) is 11.9. The van der Waals surface area contributed by atoms with Gasteiger partial charge >= 0.3 is 12.1 Å². The van der Waals surface area contributed by atoms with Gasteiger partial charge in [0.2, 0.25) is 0 Å². The zero-order valence-corrected chi connectivity index (χ0v) is 15.1. The van der Waals surface area contributed by atoms with Crippen molar-refractivity contribution in [3.8, 4) is 0 Å². The van der Waals surface area contributed by atoms with Crippen LogP contribution in [0, 0.1) is 6.92 Å². The number of hydrogen-bond donors (Lipinski definition) is 1. The Bertz CT molecular complexity index is 958. The molecule has 5 nitrogen and oxygen atoms in total. The fourth-order valence-corrected chi connectivity index (χ4v) is 3.42. The van der Waals surface area contributed by atoms with Gasteiger partial charge in [-0.1, -0.05) is 17.7 Å². The first-order valence-electron chi connectivity index (χ1n) is 7.04. The molecule has 0 aliphatic heterocycles. The highest BCUT2D eigenvalue weighted by Gasteiger charge is 2.33. The molecule has 140 valence electrons. The largest absolute Gasteiger partial charge is 0.465 e. The van der Waals surface area contributed by atoms with Gasteiger partial charge in [-0.3, -0.25) is 4.72 Å². The Morgan fingerprint density at radius 3 is 2.38 bits per heavy atom. The molecule has 0 bridgehead atoms. The Balaban J connectivity index is 2.43. The smallest absolute Gasteiger partial charge is 0.417 e. The molecule has 0 radical (unpaired) electrons. The van der Waals surface area contributed by atoms with E-state index < -0.39 is 32.8 Å². The average molecular weight is 408 g/mol.